The molecule has 0 bridgehead atoms. The maximum absolute atomic E-state index is 13.1. The van der Waals surface area contributed by atoms with Crippen LogP contribution in [0.1, 0.15) is 35.6 Å². The van der Waals surface area contributed by atoms with Gasteiger partial charge in [-0.3, -0.25) is 0 Å². The first kappa shape index (κ1) is 13.8. The molecule has 0 aliphatic carbocycles. The molecule has 1 heterocycles. The van der Waals surface area contributed by atoms with E-state index < -0.39 is 0 Å². The lowest BCUT2D eigenvalue weighted by atomic mass is 9.99. The number of halogens is 1. The Morgan fingerprint density at radius 2 is 2.00 bits per heavy atom. The quantitative estimate of drug-likeness (QED) is 0.882. The molecule has 0 aliphatic heterocycles. The van der Waals surface area contributed by atoms with E-state index in [0.717, 1.165) is 35.6 Å². The molecule has 0 amide bonds. The zero-order valence-electron chi connectivity index (χ0n) is 11.7. The van der Waals surface area contributed by atoms with E-state index in [1.54, 1.807) is 6.07 Å². The van der Waals surface area contributed by atoms with E-state index in [1.165, 1.54) is 6.07 Å². The first-order valence-corrected chi connectivity index (χ1v) is 6.65. The molecule has 0 fully saturated rings. The minimum atomic E-state index is -0.185. The molecule has 1 aromatic carbocycles. The summed E-state index contributed by atoms with van der Waals surface area (Å²) in [5, 5.41) is 3.42. The standard InChI is InChI=1S/C16H20FNO/c1-4-18-15(16-8-5-12(3)19-16)10-13-6-7-14(17)9-11(13)2/h5-9,15,18H,4,10H2,1-3H3. The molecule has 0 spiro atoms. The van der Waals surface area contributed by atoms with Gasteiger partial charge in [0.15, 0.2) is 0 Å². The van der Waals surface area contributed by atoms with Crippen molar-refractivity contribution < 1.29 is 8.81 Å². The Hall–Kier alpha value is -1.61. The fourth-order valence-corrected chi connectivity index (χ4v) is 2.27. The summed E-state index contributed by atoms with van der Waals surface area (Å²) in [6.45, 7) is 6.81. The van der Waals surface area contributed by atoms with E-state index in [2.05, 4.69) is 12.2 Å². The lowest BCUT2D eigenvalue weighted by molar-refractivity contribution is 0.403. The Balaban J connectivity index is 2.21. The molecule has 1 aromatic heterocycles. The first-order valence-electron chi connectivity index (χ1n) is 6.65. The van der Waals surface area contributed by atoms with Crippen LogP contribution in [0.25, 0.3) is 0 Å². The molecule has 0 radical (unpaired) electrons. The molecule has 1 unspecified atom stereocenters. The highest BCUT2D eigenvalue weighted by atomic mass is 19.1. The lowest BCUT2D eigenvalue weighted by Gasteiger charge is -2.17. The second-order valence-corrected chi connectivity index (χ2v) is 4.83. The van der Waals surface area contributed by atoms with Gasteiger partial charge in [0.25, 0.3) is 0 Å². The van der Waals surface area contributed by atoms with Crippen LogP contribution in [0, 0.1) is 19.7 Å². The van der Waals surface area contributed by atoms with Crippen molar-refractivity contribution in [3.63, 3.8) is 0 Å². The fraction of sp³-hybridized carbons (Fsp3) is 0.375. The largest absolute Gasteiger partial charge is 0.465 e. The van der Waals surface area contributed by atoms with E-state index in [9.17, 15) is 4.39 Å². The van der Waals surface area contributed by atoms with Crippen molar-refractivity contribution in [2.75, 3.05) is 6.54 Å². The summed E-state index contributed by atoms with van der Waals surface area (Å²) in [5.41, 5.74) is 2.12. The first-order chi connectivity index (χ1) is 9.10. The molecule has 2 aromatic rings. The maximum atomic E-state index is 13.1. The third-order valence-electron chi connectivity index (χ3n) is 3.28. The van der Waals surface area contributed by atoms with Gasteiger partial charge >= 0.3 is 0 Å². The average Bonchev–Trinajstić information content (AvgIpc) is 2.78. The lowest BCUT2D eigenvalue weighted by Crippen LogP contribution is -2.22. The zero-order chi connectivity index (χ0) is 13.8. The van der Waals surface area contributed by atoms with Crippen molar-refractivity contribution in [1.82, 2.24) is 5.32 Å². The van der Waals surface area contributed by atoms with Gasteiger partial charge in [-0.1, -0.05) is 13.0 Å². The number of nitrogens with one attached hydrogen (secondary N) is 1. The van der Waals surface area contributed by atoms with E-state index in [0.29, 0.717) is 0 Å². The van der Waals surface area contributed by atoms with Gasteiger partial charge in [0.2, 0.25) is 0 Å². The summed E-state index contributed by atoms with van der Waals surface area (Å²) >= 11 is 0. The smallest absolute Gasteiger partial charge is 0.123 e. The summed E-state index contributed by atoms with van der Waals surface area (Å²) < 4.78 is 18.8. The average molecular weight is 261 g/mol. The number of aryl methyl sites for hydroxylation is 2. The summed E-state index contributed by atoms with van der Waals surface area (Å²) in [6, 6.07) is 9.04. The third kappa shape index (κ3) is 3.44. The van der Waals surface area contributed by atoms with Crippen LogP contribution in [-0.4, -0.2) is 6.54 Å². The van der Waals surface area contributed by atoms with Crippen LogP contribution in [0.3, 0.4) is 0 Å². The van der Waals surface area contributed by atoms with Crippen molar-refractivity contribution in [3.05, 3.63) is 58.8 Å². The number of hydrogen-bond donors (Lipinski definition) is 1. The molecule has 102 valence electrons. The van der Waals surface area contributed by atoms with Gasteiger partial charge in [0.1, 0.15) is 17.3 Å². The highest BCUT2D eigenvalue weighted by molar-refractivity contribution is 5.28. The Bertz CT molecular complexity index is 547. The zero-order valence-corrected chi connectivity index (χ0v) is 11.7. The molecule has 2 rings (SSSR count). The Morgan fingerprint density at radius 1 is 1.21 bits per heavy atom. The highest BCUT2D eigenvalue weighted by Gasteiger charge is 2.15. The van der Waals surface area contributed by atoms with Gasteiger partial charge in [0.05, 0.1) is 6.04 Å². The Labute approximate surface area is 113 Å². The predicted octanol–water partition coefficient (Wildman–Crippen LogP) is 3.93. The normalized spacial score (nSPS) is 12.6. The number of hydrogen-bond acceptors (Lipinski definition) is 2. The van der Waals surface area contributed by atoms with Crippen molar-refractivity contribution in [1.29, 1.82) is 0 Å². The van der Waals surface area contributed by atoms with E-state index in [1.807, 2.05) is 32.0 Å². The Kier molecular flexibility index (Phi) is 4.38. The van der Waals surface area contributed by atoms with Gasteiger partial charge < -0.3 is 9.73 Å². The van der Waals surface area contributed by atoms with Crippen molar-refractivity contribution in [2.24, 2.45) is 0 Å². The van der Waals surface area contributed by atoms with Crippen LogP contribution < -0.4 is 5.32 Å². The van der Waals surface area contributed by atoms with E-state index in [4.69, 9.17) is 4.42 Å². The minimum Gasteiger partial charge on any atom is -0.465 e. The minimum absolute atomic E-state index is 0.128. The van der Waals surface area contributed by atoms with Crippen LogP contribution in [-0.2, 0) is 6.42 Å². The van der Waals surface area contributed by atoms with Crippen LogP contribution in [0.5, 0.6) is 0 Å². The monoisotopic (exact) mass is 261 g/mol. The number of likely N-dealkylation sites (N-methyl/N-ethyl adjacent to an activating group) is 1. The molecule has 2 nitrogen and oxygen atoms in total. The molecule has 0 aliphatic rings. The van der Waals surface area contributed by atoms with Gasteiger partial charge in [-0.05, 0) is 62.2 Å². The summed E-state index contributed by atoms with van der Waals surface area (Å²) in [7, 11) is 0. The third-order valence-corrected chi connectivity index (χ3v) is 3.28. The van der Waals surface area contributed by atoms with Crippen LogP contribution in [0.2, 0.25) is 0 Å². The van der Waals surface area contributed by atoms with Crippen LogP contribution in [0.15, 0.2) is 34.7 Å². The van der Waals surface area contributed by atoms with Gasteiger partial charge in [-0.2, -0.15) is 0 Å². The molecule has 3 heteroatoms. The van der Waals surface area contributed by atoms with Crippen LogP contribution in [0.4, 0.5) is 4.39 Å². The topological polar surface area (TPSA) is 25.2 Å². The molecule has 1 atom stereocenters. The number of furan rings is 1. The van der Waals surface area contributed by atoms with Crippen LogP contribution >= 0.6 is 0 Å². The van der Waals surface area contributed by atoms with E-state index >= 15 is 0 Å². The molecule has 1 N–H and O–H groups in total. The highest BCUT2D eigenvalue weighted by Crippen LogP contribution is 2.22. The SMILES string of the molecule is CCNC(Cc1ccc(F)cc1C)c1ccc(C)o1. The van der Waals surface area contributed by atoms with Crippen molar-refractivity contribution in [3.8, 4) is 0 Å². The van der Waals surface area contributed by atoms with Crippen molar-refractivity contribution >= 4 is 0 Å². The summed E-state index contributed by atoms with van der Waals surface area (Å²) in [6.07, 6.45) is 0.799. The van der Waals surface area contributed by atoms with Gasteiger partial charge in [-0.25, -0.2) is 4.39 Å². The molecule has 0 saturated heterocycles. The molecular formula is C16H20FNO. The Morgan fingerprint density at radius 3 is 2.58 bits per heavy atom. The summed E-state index contributed by atoms with van der Waals surface area (Å²) in [5.74, 6) is 1.66. The number of benzene rings is 1. The second kappa shape index (κ2) is 6.02. The number of rotatable bonds is 5. The predicted molar refractivity (Wildman–Crippen MR) is 74.7 cm³/mol. The second-order valence-electron chi connectivity index (χ2n) is 4.83. The fourth-order valence-electron chi connectivity index (χ4n) is 2.27. The molecule has 19 heavy (non-hydrogen) atoms. The summed E-state index contributed by atoms with van der Waals surface area (Å²) in [4.78, 5) is 0. The molecule has 0 saturated carbocycles. The van der Waals surface area contributed by atoms with Gasteiger partial charge in [0, 0.05) is 0 Å². The van der Waals surface area contributed by atoms with E-state index in [-0.39, 0.29) is 11.9 Å². The van der Waals surface area contributed by atoms with Crippen molar-refractivity contribution in [2.45, 2.75) is 33.2 Å². The van der Waals surface area contributed by atoms with Gasteiger partial charge in [-0.15, -0.1) is 0 Å². The molecular weight excluding hydrogens is 241 g/mol. The maximum Gasteiger partial charge on any atom is 0.123 e.